The Hall–Kier alpha value is -0.650. The van der Waals surface area contributed by atoms with Crippen LogP contribution in [0.25, 0.3) is 0 Å². The number of piperidine rings is 1. The van der Waals surface area contributed by atoms with E-state index in [2.05, 4.69) is 10.2 Å². The van der Waals surface area contributed by atoms with E-state index in [0.29, 0.717) is 13.2 Å². The Kier molecular flexibility index (Phi) is 6.47. The molecule has 1 aliphatic rings. The number of carbonyl (C=O) groups is 1. The fourth-order valence-corrected chi connectivity index (χ4v) is 2.30. The molecule has 100 valence electrons. The van der Waals surface area contributed by atoms with Crippen molar-refractivity contribution in [1.82, 2.24) is 10.2 Å². The number of aliphatic hydroxyl groups is 1. The van der Waals surface area contributed by atoms with Crippen LogP contribution >= 0.6 is 0 Å². The van der Waals surface area contributed by atoms with E-state index in [1.165, 1.54) is 0 Å². The van der Waals surface area contributed by atoms with Gasteiger partial charge in [-0.1, -0.05) is 6.42 Å². The van der Waals surface area contributed by atoms with Gasteiger partial charge in [0.1, 0.15) is 0 Å². The highest BCUT2D eigenvalue weighted by molar-refractivity contribution is 5.81. The fraction of sp³-hybridized carbons (Fsp3) is 0.917. The van der Waals surface area contributed by atoms with Crippen LogP contribution in [-0.4, -0.2) is 61.4 Å². The molecule has 0 aromatic heterocycles. The summed E-state index contributed by atoms with van der Waals surface area (Å²) in [6.07, 6.45) is 3.22. The van der Waals surface area contributed by atoms with Crippen LogP contribution in [0.15, 0.2) is 0 Å². The van der Waals surface area contributed by atoms with Crippen LogP contribution in [0.4, 0.5) is 0 Å². The molecule has 5 heteroatoms. The molecule has 1 heterocycles. The molecule has 0 radical (unpaired) electrons. The quantitative estimate of drug-likeness (QED) is 0.645. The molecule has 0 aromatic rings. The number of nitrogens with zero attached hydrogens (tertiary/aromatic N) is 1. The molecule has 1 aliphatic heterocycles. The van der Waals surface area contributed by atoms with Crippen molar-refractivity contribution in [2.75, 3.05) is 33.4 Å². The number of ether oxygens (including phenoxy) is 1. The van der Waals surface area contributed by atoms with E-state index in [4.69, 9.17) is 4.74 Å². The van der Waals surface area contributed by atoms with E-state index in [1.54, 1.807) is 7.11 Å². The summed E-state index contributed by atoms with van der Waals surface area (Å²) < 4.78 is 4.89. The molecular formula is C12H24N2O3. The zero-order valence-electron chi connectivity index (χ0n) is 10.8. The van der Waals surface area contributed by atoms with Crippen LogP contribution in [0.2, 0.25) is 0 Å². The first kappa shape index (κ1) is 14.4. The minimum atomic E-state index is -0.177. The van der Waals surface area contributed by atoms with Gasteiger partial charge in [-0.05, 0) is 26.3 Å². The number of amides is 1. The summed E-state index contributed by atoms with van der Waals surface area (Å²) in [5.41, 5.74) is 0. The third-order valence-corrected chi connectivity index (χ3v) is 3.37. The Labute approximate surface area is 103 Å². The summed E-state index contributed by atoms with van der Waals surface area (Å²) in [5.74, 6) is 0.0161. The first-order chi connectivity index (χ1) is 8.20. The van der Waals surface area contributed by atoms with E-state index in [-0.39, 0.29) is 24.6 Å². The van der Waals surface area contributed by atoms with E-state index in [9.17, 15) is 9.90 Å². The summed E-state index contributed by atoms with van der Waals surface area (Å²) in [5, 5.41) is 12.2. The van der Waals surface area contributed by atoms with Gasteiger partial charge in [-0.3, -0.25) is 9.69 Å². The van der Waals surface area contributed by atoms with Crippen molar-refractivity contribution >= 4 is 5.91 Å². The smallest absolute Gasteiger partial charge is 0.237 e. The van der Waals surface area contributed by atoms with Crippen LogP contribution in [0, 0.1) is 0 Å². The van der Waals surface area contributed by atoms with Crippen molar-refractivity contribution in [3.05, 3.63) is 0 Å². The molecule has 0 bridgehead atoms. The number of hydrogen-bond acceptors (Lipinski definition) is 4. The second kappa shape index (κ2) is 7.63. The third kappa shape index (κ3) is 4.26. The van der Waals surface area contributed by atoms with Gasteiger partial charge in [0.15, 0.2) is 0 Å². The lowest BCUT2D eigenvalue weighted by atomic mass is 10.0. The van der Waals surface area contributed by atoms with E-state index >= 15 is 0 Å². The van der Waals surface area contributed by atoms with Crippen molar-refractivity contribution in [2.45, 2.75) is 38.3 Å². The molecule has 0 spiro atoms. The summed E-state index contributed by atoms with van der Waals surface area (Å²) in [6, 6.07) is -0.0452. The van der Waals surface area contributed by atoms with Crippen LogP contribution in [0.3, 0.4) is 0 Å². The molecule has 1 amide bonds. The van der Waals surface area contributed by atoms with Crippen LogP contribution in [0.1, 0.15) is 26.2 Å². The zero-order chi connectivity index (χ0) is 12.7. The Morgan fingerprint density at radius 1 is 1.59 bits per heavy atom. The van der Waals surface area contributed by atoms with E-state index in [1.807, 2.05) is 6.92 Å². The molecule has 2 unspecified atom stereocenters. The molecule has 1 saturated heterocycles. The highest BCUT2D eigenvalue weighted by Gasteiger charge is 2.29. The summed E-state index contributed by atoms with van der Waals surface area (Å²) in [4.78, 5) is 14.0. The monoisotopic (exact) mass is 244 g/mol. The van der Waals surface area contributed by atoms with Crippen molar-refractivity contribution in [1.29, 1.82) is 0 Å². The predicted molar refractivity (Wildman–Crippen MR) is 65.8 cm³/mol. The Morgan fingerprint density at radius 2 is 2.35 bits per heavy atom. The number of methoxy groups -OCH3 is 1. The maximum atomic E-state index is 11.9. The molecule has 2 atom stereocenters. The van der Waals surface area contributed by atoms with Crippen molar-refractivity contribution in [3.8, 4) is 0 Å². The minimum absolute atomic E-state index is 0.0161. The van der Waals surface area contributed by atoms with Gasteiger partial charge in [0, 0.05) is 19.7 Å². The maximum Gasteiger partial charge on any atom is 0.237 e. The van der Waals surface area contributed by atoms with Crippen LogP contribution in [0.5, 0.6) is 0 Å². The van der Waals surface area contributed by atoms with Crippen molar-refractivity contribution < 1.29 is 14.6 Å². The lowest BCUT2D eigenvalue weighted by molar-refractivity contribution is -0.128. The average Bonchev–Trinajstić information content (AvgIpc) is 2.38. The topological polar surface area (TPSA) is 61.8 Å². The normalized spacial score (nSPS) is 23.4. The van der Waals surface area contributed by atoms with Gasteiger partial charge in [0.25, 0.3) is 0 Å². The molecular weight excluding hydrogens is 220 g/mol. The standard InChI is InChI=1S/C12H24N2O3/c1-10(12(16)13-6-8-17-2)14-7-4-3-5-11(14)9-15/h10-11,15H,3-9H2,1-2H3,(H,13,16). The SMILES string of the molecule is COCCNC(=O)C(C)N1CCCCC1CO. The predicted octanol–water partition coefficient (Wildman–Crippen LogP) is -0.0157. The molecule has 0 aromatic carbocycles. The first-order valence-corrected chi connectivity index (χ1v) is 6.34. The lowest BCUT2D eigenvalue weighted by Gasteiger charge is -2.38. The minimum Gasteiger partial charge on any atom is -0.395 e. The first-order valence-electron chi connectivity index (χ1n) is 6.34. The Balaban J connectivity index is 2.42. The Bertz CT molecular complexity index is 236. The summed E-state index contributed by atoms with van der Waals surface area (Å²) in [7, 11) is 1.61. The summed E-state index contributed by atoms with van der Waals surface area (Å²) >= 11 is 0. The lowest BCUT2D eigenvalue weighted by Crippen LogP contribution is -2.53. The second-order valence-corrected chi connectivity index (χ2v) is 4.53. The second-order valence-electron chi connectivity index (χ2n) is 4.53. The molecule has 0 saturated carbocycles. The molecule has 1 fully saturated rings. The van der Waals surface area contributed by atoms with Crippen LogP contribution in [-0.2, 0) is 9.53 Å². The molecule has 5 nitrogen and oxygen atoms in total. The van der Waals surface area contributed by atoms with Crippen molar-refractivity contribution in [2.24, 2.45) is 0 Å². The van der Waals surface area contributed by atoms with Gasteiger partial charge < -0.3 is 15.2 Å². The largest absolute Gasteiger partial charge is 0.395 e. The van der Waals surface area contributed by atoms with Gasteiger partial charge in [0.05, 0.1) is 19.3 Å². The van der Waals surface area contributed by atoms with Gasteiger partial charge in [-0.25, -0.2) is 0 Å². The van der Waals surface area contributed by atoms with Gasteiger partial charge >= 0.3 is 0 Å². The number of nitrogens with one attached hydrogen (secondary N) is 1. The highest BCUT2D eigenvalue weighted by Crippen LogP contribution is 2.19. The summed E-state index contributed by atoms with van der Waals surface area (Å²) in [6.45, 7) is 4.00. The molecule has 17 heavy (non-hydrogen) atoms. The maximum absolute atomic E-state index is 11.9. The molecule has 2 N–H and O–H groups in total. The Morgan fingerprint density at radius 3 is 3.00 bits per heavy atom. The van der Waals surface area contributed by atoms with Gasteiger partial charge in [-0.2, -0.15) is 0 Å². The zero-order valence-corrected chi connectivity index (χ0v) is 10.8. The number of hydrogen-bond donors (Lipinski definition) is 2. The van der Waals surface area contributed by atoms with Gasteiger partial charge in [-0.15, -0.1) is 0 Å². The number of rotatable bonds is 6. The highest BCUT2D eigenvalue weighted by atomic mass is 16.5. The van der Waals surface area contributed by atoms with E-state index in [0.717, 1.165) is 25.8 Å². The van der Waals surface area contributed by atoms with Crippen molar-refractivity contribution in [3.63, 3.8) is 0 Å². The van der Waals surface area contributed by atoms with Crippen LogP contribution < -0.4 is 5.32 Å². The third-order valence-electron chi connectivity index (χ3n) is 3.37. The molecule has 1 rings (SSSR count). The number of likely N-dealkylation sites (tertiary alicyclic amines) is 1. The number of carbonyl (C=O) groups excluding carboxylic acids is 1. The fourth-order valence-electron chi connectivity index (χ4n) is 2.30. The van der Waals surface area contributed by atoms with Gasteiger partial charge in [0.2, 0.25) is 5.91 Å². The molecule has 0 aliphatic carbocycles. The average molecular weight is 244 g/mol. The number of aliphatic hydroxyl groups excluding tert-OH is 1. The van der Waals surface area contributed by atoms with E-state index < -0.39 is 0 Å².